The quantitative estimate of drug-likeness (QED) is 0.679. The summed E-state index contributed by atoms with van der Waals surface area (Å²) in [4.78, 5) is 11.8. The molecule has 3 rings (SSSR count). The van der Waals surface area contributed by atoms with Crippen molar-refractivity contribution in [2.24, 2.45) is 5.92 Å². The van der Waals surface area contributed by atoms with Crippen molar-refractivity contribution in [2.45, 2.75) is 19.6 Å². The second kappa shape index (κ2) is 4.63. The van der Waals surface area contributed by atoms with Crippen molar-refractivity contribution in [3.05, 3.63) is 41.7 Å². The lowest BCUT2D eigenvalue weighted by molar-refractivity contribution is -0.211. The van der Waals surface area contributed by atoms with Gasteiger partial charge in [0, 0.05) is 11.0 Å². The van der Waals surface area contributed by atoms with Gasteiger partial charge < -0.3 is 19.0 Å². The van der Waals surface area contributed by atoms with E-state index in [-0.39, 0.29) is 11.7 Å². The van der Waals surface area contributed by atoms with Gasteiger partial charge in [-0.1, -0.05) is 18.2 Å². The molecule has 2 atom stereocenters. The zero-order chi connectivity index (χ0) is 15.2. The van der Waals surface area contributed by atoms with E-state index in [1.54, 1.807) is 39.2 Å². The van der Waals surface area contributed by atoms with Crippen LogP contribution in [0.4, 0.5) is 0 Å². The number of hydrogen-bond acceptors (Lipinski definition) is 5. The molecule has 110 valence electrons. The van der Waals surface area contributed by atoms with Crippen molar-refractivity contribution in [1.82, 2.24) is 0 Å². The second-order valence-corrected chi connectivity index (χ2v) is 5.19. The fourth-order valence-corrected chi connectivity index (χ4v) is 2.48. The van der Waals surface area contributed by atoms with Crippen LogP contribution in [0, 0.1) is 5.92 Å². The molecule has 0 spiro atoms. The van der Waals surface area contributed by atoms with E-state index in [1.807, 2.05) is 12.1 Å². The third kappa shape index (κ3) is 2.01. The van der Waals surface area contributed by atoms with Gasteiger partial charge in [0.2, 0.25) is 0 Å². The van der Waals surface area contributed by atoms with Crippen molar-refractivity contribution in [2.75, 3.05) is 7.11 Å². The number of methoxy groups -OCH3 is 1. The molecule has 5 heteroatoms. The SMILES string of the molecule is COc1cccc2cc(C3(O)OC(=O)C(C)C=C3C)oc12. The number of cyclic esters (lactones) is 1. The molecule has 2 unspecified atom stereocenters. The topological polar surface area (TPSA) is 68.9 Å². The summed E-state index contributed by atoms with van der Waals surface area (Å²) >= 11 is 0. The van der Waals surface area contributed by atoms with E-state index in [1.165, 1.54) is 0 Å². The molecule has 0 aliphatic carbocycles. The molecule has 0 saturated carbocycles. The molecule has 2 heterocycles. The minimum atomic E-state index is -1.87. The Morgan fingerprint density at radius 2 is 2.14 bits per heavy atom. The number of carbonyl (C=O) groups is 1. The molecule has 1 aromatic carbocycles. The van der Waals surface area contributed by atoms with E-state index < -0.39 is 11.8 Å². The monoisotopic (exact) mass is 288 g/mol. The van der Waals surface area contributed by atoms with Crippen LogP contribution in [0.3, 0.4) is 0 Å². The summed E-state index contributed by atoms with van der Waals surface area (Å²) < 4.78 is 16.1. The van der Waals surface area contributed by atoms with Crippen LogP contribution in [0.2, 0.25) is 0 Å². The van der Waals surface area contributed by atoms with Gasteiger partial charge in [-0.25, -0.2) is 0 Å². The van der Waals surface area contributed by atoms with E-state index in [0.717, 1.165) is 5.39 Å². The third-order valence-electron chi connectivity index (χ3n) is 3.72. The van der Waals surface area contributed by atoms with Gasteiger partial charge in [-0.3, -0.25) is 4.79 Å². The Balaban J connectivity index is 2.16. The van der Waals surface area contributed by atoms with Crippen LogP contribution in [-0.4, -0.2) is 18.2 Å². The number of aliphatic hydroxyl groups is 1. The standard InChI is InChI=1S/C16H16O5/c1-9-7-10(2)16(18,21-15(9)17)13-8-11-5-4-6-12(19-3)14(11)20-13/h4-9,18H,1-3H3. The summed E-state index contributed by atoms with van der Waals surface area (Å²) in [6, 6.07) is 7.07. The highest BCUT2D eigenvalue weighted by molar-refractivity contribution is 5.84. The molecule has 5 nitrogen and oxygen atoms in total. The Morgan fingerprint density at radius 1 is 1.38 bits per heavy atom. The number of furan rings is 1. The first kappa shape index (κ1) is 13.7. The van der Waals surface area contributed by atoms with Crippen molar-refractivity contribution in [1.29, 1.82) is 0 Å². The molecular formula is C16H16O5. The van der Waals surface area contributed by atoms with Crippen LogP contribution >= 0.6 is 0 Å². The molecule has 0 fully saturated rings. The summed E-state index contributed by atoms with van der Waals surface area (Å²) in [7, 11) is 1.54. The molecule has 1 N–H and O–H groups in total. The van der Waals surface area contributed by atoms with Gasteiger partial charge in [-0.05, 0) is 26.0 Å². The highest BCUT2D eigenvalue weighted by Gasteiger charge is 2.44. The smallest absolute Gasteiger partial charge is 0.315 e. The minimum Gasteiger partial charge on any atom is -0.493 e. The number of hydrogen-bond donors (Lipinski definition) is 1. The Hall–Kier alpha value is -2.27. The summed E-state index contributed by atoms with van der Waals surface area (Å²) in [6.45, 7) is 3.42. The Morgan fingerprint density at radius 3 is 2.86 bits per heavy atom. The van der Waals surface area contributed by atoms with E-state index in [9.17, 15) is 9.90 Å². The third-order valence-corrected chi connectivity index (χ3v) is 3.72. The lowest BCUT2D eigenvalue weighted by Crippen LogP contribution is -2.38. The van der Waals surface area contributed by atoms with Crippen molar-refractivity contribution in [3.8, 4) is 5.75 Å². The summed E-state index contributed by atoms with van der Waals surface area (Å²) in [5, 5.41) is 11.5. The Kier molecular flexibility index (Phi) is 3.02. The number of rotatable bonds is 2. The van der Waals surface area contributed by atoms with Gasteiger partial charge in [0.25, 0.3) is 5.79 Å². The fourth-order valence-electron chi connectivity index (χ4n) is 2.48. The molecule has 21 heavy (non-hydrogen) atoms. The van der Waals surface area contributed by atoms with E-state index in [4.69, 9.17) is 13.9 Å². The Bertz CT molecular complexity index is 742. The summed E-state index contributed by atoms with van der Waals surface area (Å²) in [5.41, 5.74) is 1.03. The molecule has 1 aliphatic heterocycles. The van der Waals surface area contributed by atoms with Crippen molar-refractivity contribution in [3.63, 3.8) is 0 Å². The van der Waals surface area contributed by atoms with Gasteiger partial charge in [0.05, 0.1) is 13.0 Å². The number of esters is 1. The van der Waals surface area contributed by atoms with Gasteiger partial charge >= 0.3 is 5.97 Å². The Labute approximate surface area is 121 Å². The molecule has 2 aromatic rings. The lowest BCUT2D eigenvalue weighted by Gasteiger charge is -2.31. The average molecular weight is 288 g/mol. The number of fused-ring (bicyclic) bond motifs is 1. The van der Waals surface area contributed by atoms with Crippen LogP contribution in [0.5, 0.6) is 5.75 Å². The van der Waals surface area contributed by atoms with E-state index >= 15 is 0 Å². The number of benzene rings is 1. The molecule has 0 saturated heterocycles. The van der Waals surface area contributed by atoms with Crippen LogP contribution in [0.1, 0.15) is 19.6 Å². The fraction of sp³-hybridized carbons (Fsp3) is 0.312. The van der Waals surface area contributed by atoms with Gasteiger partial charge in [0.15, 0.2) is 17.1 Å². The predicted molar refractivity (Wildman–Crippen MR) is 75.7 cm³/mol. The molecular weight excluding hydrogens is 272 g/mol. The molecule has 0 amide bonds. The van der Waals surface area contributed by atoms with E-state index in [2.05, 4.69) is 0 Å². The predicted octanol–water partition coefficient (Wildman–Crippen LogP) is 2.73. The summed E-state index contributed by atoms with van der Waals surface area (Å²) in [5.74, 6) is -2.02. The maximum atomic E-state index is 11.8. The van der Waals surface area contributed by atoms with Crippen LogP contribution in [0.15, 0.2) is 40.3 Å². The van der Waals surface area contributed by atoms with Crippen LogP contribution in [0.25, 0.3) is 11.0 Å². The van der Waals surface area contributed by atoms with Crippen molar-refractivity contribution >= 4 is 16.9 Å². The molecule has 1 aromatic heterocycles. The van der Waals surface area contributed by atoms with Gasteiger partial charge in [-0.2, -0.15) is 0 Å². The maximum Gasteiger partial charge on any atom is 0.315 e. The van der Waals surface area contributed by atoms with Gasteiger partial charge in [-0.15, -0.1) is 0 Å². The van der Waals surface area contributed by atoms with E-state index in [0.29, 0.717) is 16.9 Å². The minimum absolute atomic E-state index is 0.163. The highest BCUT2D eigenvalue weighted by Crippen LogP contribution is 2.40. The van der Waals surface area contributed by atoms with Crippen LogP contribution in [-0.2, 0) is 15.3 Å². The number of ether oxygens (including phenoxy) is 2. The molecule has 1 aliphatic rings. The lowest BCUT2D eigenvalue weighted by atomic mass is 9.96. The molecule has 0 bridgehead atoms. The summed E-state index contributed by atoms with van der Waals surface area (Å²) in [6.07, 6.45) is 1.68. The van der Waals surface area contributed by atoms with Crippen molar-refractivity contribution < 1.29 is 23.8 Å². The number of para-hydroxylation sites is 1. The zero-order valence-electron chi connectivity index (χ0n) is 12.0. The van der Waals surface area contributed by atoms with Gasteiger partial charge in [0.1, 0.15) is 0 Å². The zero-order valence-corrected chi connectivity index (χ0v) is 12.0. The maximum absolute atomic E-state index is 11.8. The second-order valence-electron chi connectivity index (χ2n) is 5.19. The first-order chi connectivity index (χ1) is 9.95. The highest BCUT2D eigenvalue weighted by atomic mass is 16.7. The first-order valence-corrected chi connectivity index (χ1v) is 6.67. The largest absolute Gasteiger partial charge is 0.493 e. The molecule has 0 radical (unpaired) electrons. The number of carbonyl (C=O) groups excluding carboxylic acids is 1. The normalized spacial score (nSPS) is 25.6. The van der Waals surface area contributed by atoms with Crippen LogP contribution < -0.4 is 4.74 Å². The first-order valence-electron chi connectivity index (χ1n) is 6.67. The average Bonchev–Trinajstić information content (AvgIpc) is 2.89.